The average Bonchev–Trinajstić information content (AvgIpc) is 3.85. The quantitative estimate of drug-likeness (QED) is 0.103. The third kappa shape index (κ3) is 9.35. The summed E-state index contributed by atoms with van der Waals surface area (Å²) < 4.78 is 24.2. The van der Waals surface area contributed by atoms with Gasteiger partial charge in [-0.3, -0.25) is 48.6 Å². The predicted octanol–water partition coefficient (Wildman–Crippen LogP) is 5.05. The van der Waals surface area contributed by atoms with Gasteiger partial charge in [0.05, 0.1) is 48.8 Å². The van der Waals surface area contributed by atoms with Crippen molar-refractivity contribution in [2.45, 2.75) is 70.5 Å². The zero-order valence-electron chi connectivity index (χ0n) is 38.8. The number of hydrogen-bond donors (Lipinski definition) is 4. The number of anilines is 2. The molecule has 0 saturated heterocycles. The zero-order chi connectivity index (χ0) is 49.2. The Labute approximate surface area is 402 Å². The first-order chi connectivity index (χ1) is 33.8. The van der Waals surface area contributed by atoms with Gasteiger partial charge in [0.25, 0.3) is 17.7 Å². The van der Waals surface area contributed by atoms with Gasteiger partial charge in [0.2, 0.25) is 17.7 Å². The van der Waals surface area contributed by atoms with Crippen molar-refractivity contribution in [2.24, 2.45) is 15.7 Å². The Balaban J connectivity index is 0.965. The molecule has 0 bridgehead atoms. The van der Waals surface area contributed by atoms with Crippen molar-refractivity contribution < 1.29 is 47.7 Å². The lowest BCUT2D eigenvalue weighted by molar-refractivity contribution is -0.129. The zero-order valence-corrected chi connectivity index (χ0v) is 38.8. The third-order valence-electron chi connectivity index (χ3n) is 12.5. The highest BCUT2D eigenvalue weighted by Crippen LogP contribution is 2.43. The Morgan fingerprint density at radius 2 is 1.14 bits per heavy atom. The molecule has 4 heterocycles. The molecular weight excluding hydrogens is 897 g/mol. The molecule has 5 aromatic rings. The molecule has 18 heteroatoms. The molecule has 5 aromatic carbocycles. The number of benzene rings is 5. The number of carbonyl (C=O) groups is 6. The van der Waals surface area contributed by atoms with Gasteiger partial charge in [-0.05, 0) is 78.6 Å². The van der Waals surface area contributed by atoms with Crippen LogP contribution in [-0.2, 0) is 40.4 Å². The molecule has 18 nitrogen and oxygen atoms in total. The molecule has 4 atom stereocenters. The highest BCUT2D eigenvalue weighted by Gasteiger charge is 2.38. The number of nitrogens with two attached hydrogens (primary N) is 1. The number of methoxy groups -OCH3 is 2. The minimum Gasteiger partial charge on any atom is -0.493 e. The monoisotopic (exact) mass is 946 g/mol. The molecule has 0 radical (unpaired) electrons. The molecule has 9 rings (SSSR count). The van der Waals surface area contributed by atoms with E-state index >= 15 is 0 Å². The molecule has 4 aliphatic heterocycles. The fourth-order valence-electron chi connectivity index (χ4n) is 8.97. The predicted molar refractivity (Wildman–Crippen MR) is 260 cm³/mol. The van der Waals surface area contributed by atoms with Crippen LogP contribution in [0.2, 0.25) is 0 Å². The van der Waals surface area contributed by atoms with Crippen LogP contribution in [-0.4, -0.2) is 92.8 Å². The van der Waals surface area contributed by atoms with E-state index in [4.69, 9.17) is 34.7 Å². The van der Waals surface area contributed by atoms with Gasteiger partial charge in [-0.15, -0.1) is 0 Å². The van der Waals surface area contributed by atoms with Gasteiger partial charge in [0.15, 0.2) is 23.0 Å². The third-order valence-corrected chi connectivity index (χ3v) is 12.5. The van der Waals surface area contributed by atoms with Crippen LogP contribution in [0.15, 0.2) is 101 Å². The van der Waals surface area contributed by atoms with Crippen molar-refractivity contribution in [2.75, 3.05) is 30.6 Å². The topological polar surface area (TPSA) is 233 Å². The number of nitrogens with one attached hydrogen (secondary N) is 3. The number of ether oxygens (including phenoxy) is 4. The second-order valence-corrected chi connectivity index (χ2v) is 17.3. The molecule has 0 aliphatic carbocycles. The summed E-state index contributed by atoms with van der Waals surface area (Å²) in [6.07, 6.45) is 4.74. The van der Waals surface area contributed by atoms with Crippen LogP contribution in [0.4, 0.5) is 22.7 Å². The molecule has 358 valence electrons. The van der Waals surface area contributed by atoms with Gasteiger partial charge in [-0.1, -0.05) is 36.4 Å². The Kier molecular flexibility index (Phi) is 13.0. The van der Waals surface area contributed by atoms with Gasteiger partial charge in [0, 0.05) is 67.3 Å². The van der Waals surface area contributed by atoms with E-state index in [0.29, 0.717) is 69.5 Å². The van der Waals surface area contributed by atoms with Gasteiger partial charge >= 0.3 is 0 Å². The summed E-state index contributed by atoms with van der Waals surface area (Å²) in [6.45, 7) is 2.79. The Hall–Kier alpha value is -8.54. The summed E-state index contributed by atoms with van der Waals surface area (Å²) in [4.78, 5) is 91.8. The van der Waals surface area contributed by atoms with Crippen molar-refractivity contribution in [1.29, 1.82) is 0 Å². The molecule has 0 aromatic heterocycles. The van der Waals surface area contributed by atoms with Crippen LogP contribution in [0.25, 0.3) is 0 Å². The molecule has 4 aliphatic rings. The Morgan fingerprint density at radius 3 is 1.63 bits per heavy atom. The van der Waals surface area contributed by atoms with Crippen LogP contribution < -0.4 is 50.4 Å². The number of para-hydroxylation sites is 2. The van der Waals surface area contributed by atoms with Gasteiger partial charge in [-0.25, -0.2) is 0 Å². The van der Waals surface area contributed by atoms with Gasteiger partial charge < -0.3 is 40.6 Å². The Bertz CT molecular complexity index is 2860. The number of amides is 6. The van der Waals surface area contributed by atoms with E-state index in [9.17, 15) is 28.8 Å². The molecule has 5 N–H and O–H groups in total. The van der Waals surface area contributed by atoms with Crippen molar-refractivity contribution >= 4 is 70.6 Å². The largest absolute Gasteiger partial charge is 0.493 e. The minimum atomic E-state index is -1.08. The first kappa shape index (κ1) is 46.6. The Morgan fingerprint density at radius 1 is 0.657 bits per heavy atom. The van der Waals surface area contributed by atoms with Crippen molar-refractivity contribution in [1.82, 2.24) is 16.0 Å². The minimum absolute atomic E-state index is 0.00964. The van der Waals surface area contributed by atoms with E-state index in [-0.39, 0.29) is 55.6 Å². The van der Waals surface area contributed by atoms with Crippen molar-refractivity contribution in [3.05, 3.63) is 130 Å². The van der Waals surface area contributed by atoms with Crippen LogP contribution in [0.3, 0.4) is 0 Å². The number of hydrogen-bond acceptors (Lipinski definition) is 12. The number of carbonyl (C=O) groups excluding carboxylic acids is 6. The number of rotatable bonds is 16. The molecule has 0 saturated carbocycles. The maximum absolute atomic E-state index is 14.0. The summed E-state index contributed by atoms with van der Waals surface area (Å²) in [5.74, 6) is -1.60. The highest BCUT2D eigenvalue weighted by atomic mass is 16.5. The smallest absolute Gasteiger partial charge is 0.261 e. The summed E-state index contributed by atoms with van der Waals surface area (Å²) in [5, 5.41) is 7.81. The van der Waals surface area contributed by atoms with E-state index in [1.807, 2.05) is 48.5 Å². The lowest BCUT2D eigenvalue weighted by Gasteiger charge is -2.22. The van der Waals surface area contributed by atoms with E-state index in [1.165, 1.54) is 28.1 Å². The normalized spacial score (nSPS) is 16.7. The van der Waals surface area contributed by atoms with E-state index in [1.54, 1.807) is 64.7 Å². The lowest BCUT2D eigenvalue weighted by Crippen LogP contribution is -2.51. The van der Waals surface area contributed by atoms with Crippen LogP contribution in [0.5, 0.6) is 23.0 Å². The fraction of sp³-hybridized carbons (Fsp3) is 0.269. The van der Waals surface area contributed by atoms with E-state index in [0.717, 1.165) is 22.5 Å². The molecule has 70 heavy (non-hydrogen) atoms. The fourth-order valence-corrected chi connectivity index (χ4v) is 8.97. The van der Waals surface area contributed by atoms with Crippen LogP contribution in [0, 0.1) is 0 Å². The summed E-state index contributed by atoms with van der Waals surface area (Å²) >= 11 is 0. The van der Waals surface area contributed by atoms with Gasteiger partial charge in [0.1, 0.15) is 25.3 Å². The first-order valence-electron chi connectivity index (χ1n) is 22.7. The number of nitrogens with zero attached hydrogens (tertiary/aromatic N) is 4. The van der Waals surface area contributed by atoms with Crippen molar-refractivity contribution in [3.63, 3.8) is 0 Å². The standard InChI is InChI=1S/C52H50N8O10/c1-28(48(62)54-14-13-47(53)61)57-49(63)29(2)58-50(64)34-16-30(26-69-45-22-39-37(20-43(45)67-3)51(65)59-35(24-55-39)18-32-9-5-7-11-41(32)59)15-31(17-34)27-70-46-23-40-38(21-44(46)68-4)52(66)60-36(25-56-40)19-33-10-6-8-12-42(33)60/h5-12,15-17,20-25,28-29,35-36H,13-14,18-19,26-27H2,1-4H3,(H2,53,61)(H,54,62)(H,57,63)(H,58,64)/t28-,29-,35-,36-/m0/s1. The molecule has 0 fully saturated rings. The first-order valence-corrected chi connectivity index (χ1v) is 22.7. The average molecular weight is 947 g/mol. The van der Waals surface area contributed by atoms with Crippen LogP contribution in [0.1, 0.15) is 73.6 Å². The number of fused-ring (bicyclic) bond motifs is 8. The molecule has 0 unspecified atom stereocenters. The maximum Gasteiger partial charge on any atom is 0.261 e. The maximum atomic E-state index is 14.0. The summed E-state index contributed by atoms with van der Waals surface area (Å²) in [6, 6.07) is 24.5. The number of primary amides is 1. The lowest BCUT2D eigenvalue weighted by atomic mass is 10.0. The second-order valence-electron chi connectivity index (χ2n) is 17.3. The summed E-state index contributed by atoms with van der Waals surface area (Å²) in [5.41, 5.74) is 11.7. The van der Waals surface area contributed by atoms with Crippen LogP contribution >= 0.6 is 0 Å². The van der Waals surface area contributed by atoms with E-state index < -0.39 is 35.7 Å². The summed E-state index contributed by atoms with van der Waals surface area (Å²) in [7, 11) is 2.95. The van der Waals surface area contributed by atoms with E-state index in [2.05, 4.69) is 16.0 Å². The molecule has 0 spiro atoms. The van der Waals surface area contributed by atoms with Gasteiger partial charge in [-0.2, -0.15) is 0 Å². The highest BCUT2D eigenvalue weighted by molar-refractivity contribution is 6.16. The van der Waals surface area contributed by atoms with Crippen molar-refractivity contribution in [3.8, 4) is 23.0 Å². The second kappa shape index (κ2) is 19.6. The number of aliphatic imine (C=N–C) groups is 2. The molecule has 6 amide bonds. The molecular formula is C52H50N8O10. The SMILES string of the molecule is COc1cc2c(cc1OCc1cc(COc3cc4c(cc3OC)C(=O)N3c5ccccc5C[C@H]3C=N4)cc(C(=O)N[C@@H](C)C(=O)N[C@@H](C)C(=O)NCCC(N)=O)c1)N=C[C@@H]1Cc3ccccc3N1C2=O.